The molecule has 0 unspecified atom stereocenters. The van der Waals surface area contributed by atoms with Crippen LogP contribution in [0.25, 0.3) is 11.0 Å². The fourth-order valence-corrected chi connectivity index (χ4v) is 2.32. The summed E-state index contributed by atoms with van der Waals surface area (Å²) in [6, 6.07) is 4.98. The number of nitrogens with zero attached hydrogens (tertiary/aromatic N) is 1. The van der Waals surface area contributed by atoms with E-state index in [1.54, 1.807) is 0 Å². The molecule has 0 saturated heterocycles. The van der Waals surface area contributed by atoms with E-state index in [1.807, 2.05) is 0 Å². The molecular weight excluding hydrogens is 377 g/mol. The summed E-state index contributed by atoms with van der Waals surface area (Å²) in [5.74, 6) is -1.80. The molecule has 0 fully saturated rings. The van der Waals surface area contributed by atoms with Crippen LogP contribution in [0.5, 0.6) is 5.75 Å². The summed E-state index contributed by atoms with van der Waals surface area (Å²) in [7, 11) is 0. The standard InChI is InChI=1S/C16H8ClF3N2O4/c17-11-4-2-8(6-21-11)22-14(24)12-13(23)9-3-1-7(16(18,19)20)5-10(9)26-15(12)25/h1-6,23H,(H,22,24). The highest BCUT2D eigenvalue weighted by Crippen LogP contribution is 2.34. The van der Waals surface area contributed by atoms with Crippen molar-refractivity contribution in [3.8, 4) is 5.75 Å². The number of alkyl halides is 3. The van der Waals surface area contributed by atoms with Gasteiger partial charge in [0.25, 0.3) is 5.91 Å². The number of halogens is 4. The Bertz CT molecular complexity index is 1060. The largest absolute Gasteiger partial charge is 0.506 e. The average molecular weight is 385 g/mol. The number of hydrogen-bond acceptors (Lipinski definition) is 5. The number of anilines is 1. The van der Waals surface area contributed by atoms with E-state index in [4.69, 9.17) is 16.0 Å². The minimum atomic E-state index is -4.65. The molecule has 1 amide bonds. The van der Waals surface area contributed by atoms with Crippen LogP contribution in [-0.4, -0.2) is 16.0 Å². The van der Waals surface area contributed by atoms with Crippen LogP contribution >= 0.6 is 11.6 Å². The number of nitrogens with one attached hydrogen (secondary N) is 1. The van der Waals surface area contributed by atoms with Crippen LogP contribution in [-0.2, 0) is 6.18 Å². The minimum absolute atomic E-state index is 0.177. The maximum absolute atomic E-state index is 12.7. The molecule has 10 heteroatoms. The molecule has 1 aromatic carbocycles. The van der Waals surface area contributed by atoms with Gasteiger partial charge in [-0.2, -0.15) is 13.2 Å². The minimum Gasteiger partial charge on any atom is -0.506 e. The Labute approximate surface area is 147 Å². The van der Waals surface area contributed by atoms with E-state index in [0.717, 1.165) is 6.07 Å². The summed E-state index contributed by atoms with van der Waals surface area (Å²) in [5, 5.41) is 12.5. The lowest BCUT2D eigenvalue weighted by Gasteiger charge is -2.10. The molecule has 0 bridgehead atoms. The molecule has 0 saturated carbocycles. The Morgan fingerprint density at radius 2 is 1.96 bits per heavy atom. The first-order chi connectivity index (χ1) is 12.2. The zero-order chi connectivity index (χ0) is 19.1. The zero-order valence-corrected chi connectivity index (χ0v) is 13.4. The quantitative estimate of drug-likeness (QED) is 0.517. The van der Waals surface area contributed by atoms with E-state index >= 15 is 0 Å². The Morgan fingerprint density at radius 1 is 1.23 bits per heavy atom. The van der Waals surface area contributed by atoms with Gasteiger partial charge >= 0.3 is 11.8 Å². The number of amides is 1. The number of carbonyl (C=O) groups excluding carboxylic acids is 1. The third-order valence-electron chi connectivity index (χ3n) is 3.42. The van der Waals surface area contributed by atoms with Crippen molar-refractivity contribution >= 4 is 34.2 Å². The highest BCUT2D eigenvalue weighted by molar-refractivity contribution is 6.29. The molecule has 0 aliphatic carbocycles. The molecule has 3 rings (SSSR count). The Hall–Kier alpha value is -3.07. The maximum Gasteiger partial charge on any atom is 0.416 e. The third kappa shape index (κ3) is 3.33. The first kappa shape index (κ1) is 17.7. The van der Waals surface area contributed by atoms with Crippen LogP contribution in [0.4, 0.5) is 18.9 Å². The molecular formula is C16H8ClF3N2O4. The predicted molar refractivity (Wildman–Crippen MR) is 86.4 cm³/mol. The monoisotopic (exact) mass is 384 g/mol. The second-order valence-electron chi connectivity index (χ2n) is 5.15. The van der Waals surface area contributed by atoms with Gasteiger partial charge in [0.1, 0.15) is 16.5 Å². The van der Waals surface area contributed by atoms with E-state index in [0.29, 0.717) is 12.1 Å². The molecule has 0 aliphatic heterocycles. The topological polar surface area (TPSA) is 92.4 Å². The second-order valence-corrected chi connectivity index (χ2v) is 5.53. The lowest BCUT2D eigenvalue weighted by atomic mass is 10.1. The van der Waals surface area contributed by atoms with Crippen molar-refractivity contribution in [3.63, 3.8) is 0 Å². The Balaban J connectivity index is 2.05. The number of carbonyl (C=O) groups is 1. The predicted octanol–water partition coefficient (Wildman–Crippen LogP) is 3.82. The molecule has 26 heavy (non-hydrogen) atoms. The number of fused-ring (bicyclic) bond motifs is 1. The van der Waals surface area contributed by atoms with Crippen molar-refractivity contribution < 1.29 is 27.5 Å². The Morgan fingerprint density at radius 3 is 2.58 bits per heavy atom. The van der Waals surface area contributed by atoms with Crippen molar-refractivity contribution in [2.24, 2.45) is 0 Å². The molecule has 0 atom stereocenters. The van der Waals surface area contributed by atoms with Gasteiger partial charge in [-0.25, -0.2) is 9.78 Å². The van der Waals surface area contributed by atoms with Gasteiger partial charge in [-0.1, -0.05) is 11.6 Å². The number of rotatable bonds is 2. The number of aromatic hydroxyl groups is 1. The Kier molecular flexibility index (Phi) is 4.33. The first-order valence-corrected chi connectivity index (χ1v) is 7.34. The van der Waals surface area contributed by atoms with Crippen LogP contribution in [0, 0.1) is 0 Å². The summed E-state index contributed by atoms with van der Waals surface area (Å²) in [6.45, 7) is 0. The zero-order valence-electron chi connectivity index (χ0n) is 12.6. The normalized spacial score (nSPS) is 11.5. The van der Waals surface area contributed by atoms with E-state index in [9.17, 15) is 27.9 Å². The first-order valence-electron chi connectivity index (χ1n) is 6.97. The van der Waals surface area contributed by atoms with Gasteiger partial charge in [0.2, 0.25) is 0 Å². The number of benzene rings is 1. The molecule has 0 spiro atoms. The summed E-state index contributed by atoms with van der Waals surface area (Å²) < 4.78 is 43.0. The van der Waals surface area contributed by atoms with Crippen LogP contribution in [0.2, 0.25) is 5.15 Å². The van der Waals surface area contributed by atoms with Gasteiger partial charge in [0, 0.05) is 0 Å². The molecule has 134 valence electrons. The number of aromatic nitrogens is 1. The van der Waals surface area contributed by atoms with Crippen LogP contribution in [0.3, 0.4) is 0 Å². The van der Waals surface area contributed by atoms with Crippen molar-refractivity contribution in [2.75, 3.05) is 5.32 Å². The van der Waals surface area contributed by atoms with Crippen molar-refractivity contribution in [1.82, 2.24) is 4.98 Å². The van der Waals surface area contributed by atoms with E-state index in [2.05, 4.69) is 10.3 Å². The van der Waals surface area contributed by atoms with Crippen molar-refractivity contribution in [1.29, 1.82) is 0 Å². The highest BCUT2D eigenvalue weighted by Gasteiger charge is 2.31. The van der Waals surface area contributed by atoms with Crippen molar-refractivity contribution in [3.05, 3.63) is 63.2 Å². The van der Waals surface area contributed by atoms with Gasteiger partial charge < -0.3 is 14.8 Å². The number of hydrogen-bond donors (Lipinski definition) is 2. The van der Waals surface area contributed by atoms with Crippen LogP contribution in [0.15, 0.2) is 45.7 Å². The van der Waals surface area contributed by atoms with E-state index < -0.39 is 40.2 Å². The third-order valence-corrected chi connectivity index (χ3v) is 3.64. The van der Waals surface area contributed by atoms with Gasteiger partial charge in [0.15, 0.2) is 5.56 Å². The maximum atomic E-state index is 12.7. The molecule has 0 radical (unpaired) electrons. The summed E-state index contributed by atoms with van der Waals surface area (Å²) in [4.78, 5) is 28.0. The molecule has 6 nitrogen and oxygen atoms in total. The van der Waals surface area contributed by atoms with Gasteiger partial charge in [-0.15, -0.1) is 0 Å². The fraction of sp³-hybridized carbons (Fsp3) is 0.0625. The molecule has 2 N–H and O–H groups in total. The van der Waals surface area contributed by atoms with E-state index in [-0.39, 0.29) is 16.2 Å². The van der Waals surface area contributed by atoms with Crippen LogP contribution < -0.4 is 10.9 Å². The summed E-state index contributed by atoms with van der Waals surface area (Å²) in [5.41, 5.74) is -3.39. The SMILES string of the molecule is O=C(Nc1ccc(Cl)nc1)c1c(O)c2ccc(C(F)(F)F)cc2oc1=O. The lowest BCUT2D eigenvalue weighted by molar-refractivity contribution is -0.137. The number of pyridine rings is 1. The molecule has 0 aliphatic rings. The average Bonchev–Trinajstić information content (AvgIpc) is 2.55. The lowest BCUT2D eigenvalue weighted by Crippen LogP contribution is -2.21. The molecule has 2 aromatic heterocycles. The smallest absolute Gasteiger partial charge is 0.416 e. The summed E-state index contributed by atoms with van der Waals surface area (Å²) in [6.07, 6.45) is -3.43. The van der Waals surface area contributed by atoms with Crippen LogP contribution in [0.1, 0.15) is 15.9 Å². The van der Waals surface area contributed by atoms with Gasteiger partial charge in [0.05, 0.1) is 22.8 Å². The second kappa shape index (κ2) is 6.34. The summed E-state index contributed by atoms with van der Waals surface area (Å²) >= 11 is 5.62. The van der Waals surface area contributed by atoms with Crippen molar-refractivity contribution in [2.45, 2.75) is 6.18 Å². The van der Waals surface area contributed by atoms with Gasteiger partial charge in [-0.05, 0) is 30.3 Å². The van der Waals surface area contributed by atoms with Gasteiger partial charge in [-0.3, -0.25) is 4.79 Å². The highest BCUT2D eigenvalue weighted by atomic mass is 35.5. The fourth-order valence-electron chi connectivity index (χ4n) is 2.20. The van der Waals surface area contributed by atoms with E-state index in [1.165, 1.54) is 18.3 Å². The molecule has 2 heterocycles. The molecule has 3 aromatic rings.